The van der Waals surface area contributed by atoms with Gasteiger partial charge >= 0.3 is 0 Å². The largest absolute Gasteiger partial charge is 0.394 e. The smallest absolute Gasteiger partial charge is 0.257 e. The van der Waals surface area contributed by atoms with E-state index in [2.05, 4.69) is 0 Å². The number of aliphatic hydroxyl groups is 5. The van der Waals surface area contributed by atoms with Gasteiger partial charge < -0.3 is 30.3 Å². The highest BCUT2D eigenvalue weighted by Crippen LogP contribution is 2.29. The summed E-state index contributed by atoms with van der Waals surface area (Å²) >= 11 is 0. The molecule has 5 N–H and O–H groups in total. The van der Waals surface area contributed by atoms with Crippen molar-refractivity contribution in [2.45, 2.75) is 30.3 Å². The summed E-state index contributed by atoms with van der Waals surface area (Å²) in [5.74, 6) is -2.12. The third-order valence-electron chi connectivity index (χ3n) is 2.59. The highest BCUT2D eigenvalue weighted by Gasteiger charge is 2.54. The molecule has 0 aromatic rings. The molecule has 0 bridgehead atoms. The minimum atomic E-state index is -2.12. The number of nitrogens with zero attached hydrogens (tertiary/aromatic N) is 1. The lowest BCUT2D eigenvalue weighted by atomic mass is 9.96. The number of hydrogen-bond acceptors (Lipinski definition) is 7. The van der Waals surface area contributed by atoms with Crippen molar-refractivity contribution < 1.29 is 30.3 Å². The van der Waals surface area contributed by atoms with Crippen molar-refractivity contribution in [1.29, 1.82) is 0 Å². The number of ether oxygens (including phenoxy) is 1. The van der Waals surface area contributed by atoms with Gasteiger partial charge in [0.25, 0.3) is 5.91 Å². The minimum absolute atomic E-state index is 0.568. The maximum Gasteiger partial charge on any atom is 0.257 e. The lowest BCUT2D eigenvalue weighted by molar-refractivity contribution is -0.395. The molecule has 7 nitrogen and oxygen atoms in total. The van der Waals surface area contributed by atoms with E-state index in [0.717, 1.165) is 4.90 Å². The van der Waals surface area contributed by atoms with Crippen LogP contribution in [-0.2, 0) is 4.74 Å². The molecule has 0 aromatic carbocycles. The highest BCUT2D eigenvalue weighted by molar-refractivity contribution is 4.94. The maximum atomic E-state index is 9.88. The molecule has 0 spiro atoms. The van der Waals surface area contributed by atoms with Crippen molar-refractivity contribution in [2.75, 3.05) is 20.7 Å². The molecule has 1 saturated heterocycles. The lowest BCUT2D eigenvalue weighted by Gasteiger charge is -2.47. The molecule has 5 unspecified atom stereocenters. The van der Waals surface area contributed by atoms with Gasteiger partial charge in [-0.3, -0.25) is 4.90 Å². The Morgan fingerprint density at radius 2 is 1.73 bits per heavy atom. The fourth-order valence-electron chi connectivity index (χ4n) is 1.51. The zero-order valence-electron chi connectivity index (χ0n) is 8.61. The van der Waals surface area contributed by atoms with E-state index < -0.39 is 36.9 Å². The Kier molecular flexibility index (Phi) is 3.67. The molecule has 1 aliphatic heterocycles. The maximum absolute atomic E-state index is 9.88. The standard InChI is InChI=1S/C8H17NO6/c1-9(2)8(14)7(13)6(12)5(11)4(3-10)15-8/h4-7,10-14H,3H2,1-2H3. The van der Waals surface area contributed by atoms with Crippen molar-refractivity contribution in [3.63, 3.8) is 0 Å². The number of hydrogen-bond donors (Lipinski definition) is 5. The molecule has 1 fully saturated rings. The van der Waals surface area contributed by atoms with Gasteiger partial charge in [-0.15, -0.1) is 0 Å². The molecule has 0 aliphatic carbocycles. The molecular weight excluding hydrogens is 206 g/mol. The summed E-state index contributed by atoms with van der Waals surface area (Å²) in [5, 5.41) is 47.1. The van der Waals surface area contributed by atoms with Crippen molar-refractivity contribution >= 4 is 0 Å². The Labute approximate surface area is 87.1 Å². The molecule has 0 saturated carbocycles. The Morgan fingerprint density at radius 1 is 1.20 bits per heavy atom. The first kappa shape index (κ1) is 12.8. The summed E-state index contributed by atoms with van der Waals surface area (Å²) in [5.41, 5.74) is 0. The topological polar surface area (TPSA) is 114 Å². The average Bonchev–Trinajstić information content (AvgIpc) is 2.20. The van der Waals surface area contributed by atoms with Crippen molar-refractivity contribution in [2.24, 2.45) is 0 Å². The monoisotopic (exact) mass is 223 g/mol. The summed E-state index contributed by atoms with van der Waals surface area (Å²) in [6.07, 6.45) is -5.84. The van der Waals surface area contributed by atoms with E-state index in [1.807, 2.05) is 0 Å². The summed E-state index contributed by atoms with van der Waals surface area (Å²) in [7, 11) is 2.87. The van der Waals surface area contributed by atoms with Crippen LogP contribution in [0, 0.1) is 0 Å². The van der Waals surface area contributed by atoms with Crippen LogP contribution in [0.2, 0.25) is 0 Å². The molecule has 7 heteroatoms. The molecule has 1 rings (SSSR count). The summed E-state index contributed by atoms with van der Waals surface area (Å²) in [4.78, 5) is 1.15. The molecule has 1 heterocycles. The zero-order valence-corrected chi connectivity index (χ0v) is 8.61. The fraction of sp³-hybridized carbons (Fsp3) is 1.00. The summed E-state index contributed by atoms with van der Waals surface area (Å²) < 4.78 is 4.95. The van der Waals surface area contributed by atoms with Gasteiger partial charge in [0, 0.05) is 0 Å². The molecule has 15 heavy (non-hydrogen) atoms. The molecule has 0 radical (unpaired) electrons. The molecule has 5 atom stereocenters. The third-order valence-corrected chi connectivity index (χ3v) is 2.59. The van der Waals surface area contributed by atoms with E-state index >= 15 is 0 Å². The van der Waals surface area contributed by atoms with Gasteiger partial charge in [0.1, 0.15) is 18.3 Å². The first-order valence-electron chi connectivity index (χ1n) is 4.57. The number of rotatable bonds is 2. The molecule has 1 aliphatic rings. The van der Waals surface area contributed by atoms with E-state index in [1.54, 1.807) is 0 Å². The molecular formula is C8H17NO6. The quantitative estimate of drug-likeness (QED) is 0.311. The Morgan fingerprint density at radius 3 is 2.13 bits per heavy atom. The SMILES string of the molecule is CN(C)C1(O)OC(CO)C(O)C(O)C1O. The van der Waals surface area contributed by atoms with E-state index in [9.17, 15) is 20.4 Å². The normalized spacial score (nSPS) is 47.2. The minimum Gasteiger partial charge on any atom is -0.394 e. The van der Waals surface area contributed by atoms with Gasteiger partial charge in [-0.25, -0.2) is 0 Å². The number of aliphatic hydroxyl groups excluding tert-OH is 4. The van der Waals surface area contributed by atoms with Gasteiger partial charge in [-0.05, 0) is 14.1 Å². The summed E-state index contributed by atoms with van der Waals surface area (Å²) in [6, 6.07) is 0. The van der Waals surface area contributed by atoms with Crippen LogP contribution < -0.4 is 0 Å². The lowest BCUT2D eigenvalue weighted by Crippen LogP contribution is -2.69. The first-order chi connectivity index (χ1) is 6.84. The third kappa shape index (κ3) is 2.00. The molecule has 0 amide bonds. The highest BCUT2D eigenvalue weighted by atomic mass is 16.7. The van der Waals surface area contributed by atoms with Crippen LogP contribution in [-0.4, -0.2) is 81.5 Å². The fourth-order valence-corrected chi connectivity index (χ4v) is 1.51. The van der Waals surface area contributed by atoms with Crippen molar-refractivity contribution in [1.82, 2.24) is 4.90 Å². The predicted octanol–water partition coefficient (Wildman–Crippen LogP) is -3.33. The van der Waals surface area contributed by atoms with Crippen LogP contribution in [0.1, 0.15) is 0 Å². The second kappa shape index (κ2) is 4.30. The van der Waals surface area contributed by atoms with E-state index in [4.69, 9.17) is 9.84 Å². The van der Waals surface area contributed by atoms with Gasteiger partial charge in [0.15, 0.2) is 6.10 Å². The van der Waals surface area contributed by atoms with E-state index in [0.29, 0.717) is 0 Å². The zero-order chi connectivity index (χ0) is 11.8. The van der Waals surface area contributed by atoms with Crippen LogP contribution >= 0.6 is 0 Å². The van der Waals surface area contributed by atoms with Crippen LogP contribution in [0.4, 0.5) is 0 Å². The van der Waals surface area contributed by atoms with Crippen LogP contribution in [0.25, 0.3) is 0 Å². The van der Waals surface area contributed by atoms with Gasteiger partial charge in [-0.2, -0.15) is 0 Å². The second-order valence-electron chi connectivity index (χ2n) is 3.82. The van der Waals surface area contributed by atoms with Gasteiger partial charge in [0.05, 0.1) is 6.61 Å². The first-order valence-corrected chi connectivity index (χ1v) is 4.57. The predicted molar refractivity (Wildman–Crippen MR) is 48.6 cm³/mol. The second-order valence-corrected chi connectivity index (χ2v) is 3.82. The van der Waals surface area contributed by atoms with Gasteiger partial charge in [-0.1, -0.05) is 0 Å². The summed E-state index contributed by atoms with van der Waals surface area (Å²) in [6.45, 7) is -0.568. The van der Waals surface area contributed by atoms with Crippen molar-refractivity contribution in [3.05, 3.63) is 0 Å². The number of likely N-dealkylation sites (N-methyl/N-ethyl adjacent to an activating group) is 1. The molecule has 90 valence electrons. The van der Waals surface area contributed by atoms with Crippen molar-refractivity contribution in [3.8, 4) is 0 Å². The van der Waals surface area contributed by atoms with E-state index in [-0.39, 0.29) is 0 Å². The Hall–Kier alpha value is -0.280. The van der Waals surface area contributed by atoms with Crippen LogP contribution in [0.5, 0.6) is 0 Å². The average molecular weight is 223 g/mol. The van der Waals surface area contributed by atoms with Crippen LogP contribution in [0.15, 0.2) is 0 Å². The van der Waals surface area contributed by atoms with E-state index in [1.165, 1.54) is 14.1 Å². The Bertz CT molecular complexity index is 223. The van der Waals surface area contributed by atoms with Crippen LogP contribution in [0.3, 0.4) is 0 Å². The van der Waals surface area contributed by atoms with Gasteiger partial charge in [0.2, 0.25) is 0 Å². The Balaban J connectivity index is 2.92. The molecule has 0 aromatic heterocycles.